The van der Waals surface area contributed by atoms with Crippen LogP contribution < -0.4 is 15.1 Å². The first-order chi connectivity index (χ1) is 16.5. The van der Waals surface area contributed by atoms with Gasteiger partial charge in [0.1, 0.15) is 0 Å². The van der Waals surface area contributed by atoms with Crippen molar-refractivity contribution in [2.45, 2.75) is 19.4 Å². The number of carbonyl (C=O) groups excluding carboxylic acids is 1. The summed E-state index contributed by atoms with van der Waals surface area (Å²) in [6.07, 6.45) is 0.412. The summed E-state index contributed by atoms with van der Waals surface area (Å²) in [7, 11) is 4.11. The van der Waals surface area contributed by atoms with Gasteiger partial charge in [-0.25, -0.2) is 0 Å². The molecular weight excluding hydrogens is 420 g/mol. The van der Waals surface area contributed by atoms with Gasteiger partial charge in [-0.3, -0.25) is 9.69 Å². The molecule has 0 bridgehead atoms. The van der Waals surface area contributed by atoms with E-state index in [1.54, 1.807) is 0 Å². The van der Waals surface area contributed by atoms with Gasteiger partial charge in [0.05, 0.1) is 12.5 Å². The van der Waals surface area contributed by atoms with Crippen LogP contribution in [-0.4, -0.2) is 57.6 Å². The molecule has 3 aromatic carbocycles. The van der Waals surface area contributed by atoms with Crippen LogP contribution >= 0.6 is 0 Å². The largest absolute Gasteiger partial charge is 0.378 e. The topological polar surface area (TPSA) is 38.8 Å². The van der Waals surface area contributed by atoms with Gasteiger partial charge in [-0.15, -0.1) is 0 Å². The van der Waals surface area contributed by atoms with Crippen LogP contribution in [0.4, 0.5) is 11.4 Å². The lowest BCUT2D eigenvalue weighted by atomic mass is 10.0. The minimum Gasteiger partial charge on any atom is -0.378 e. The smallest absolute Gasteiger partial charge is 0.224 e. The lowest BCUT2D eigenvalue weighted by Crippen LogP contribution is -2.50. The minimum absolute atomic E-state index is 0.0726. The molecule has 5 heteroatoms. The maximum atomic E-state index is 12.8. The molecule has 1 heterocycles. The van der Waals surface area contributed by atoms with Gasteiger partial charge in [-0.2, -0.15) is 0 Å². The predicted octanol–water partition coefficient (Wildman–Crippen LogP) is 4.28. The van der Waals surface area contributed by atoms with Crippen molar-refractivity contribution in [3.8, 4) is 0 Å². The molecule has 1 atom stereocenters. The number of piperazine rings is 1. The average Bonchev–Trinajstić information content (AvgIpc) is 2.85. The Labute approximate surface area is 204 Å². The summed E-state index contributed by atoms with van der Waals surface area (Å²) in [5.41, 5.74) is 5.94. The molecule has 178 valence electrons. The highest BCUT2D eigenvalue weighted by Gasteiger charge is 2.26. The van der Waals surface area contributed by atoms with Crippen LogP contribution in [0, 0.1) is 6.92 Å². The number of benzene rings is 3. The van der Waals surface area contributed by atoms with E-state index in [4.69, 9.17) is 0 Å². The zero-order valence-corrected chi connectivity index (χ0v) is 20.6. The number of rotatable bonds is 8. The maximum Gasteiger partial charge on any atom is 0.224 e. The number of para-hydroxylation sites is 1. The van der Waals surface area contributed by atoms with Crippen LogP contribution in [0.15, 0.2) is 78.9 Å². The Kier molecular flexibility index (Phi) is 7.86. The molecule has 34 heavy (non-hydrogen) atoms. The number of nitrogens with one attached hydrogen (secondary N) is 1. The van der Waals surface area contributed by atoms with Crippen molar-refractivity contribution in [1.29, 1.82) is 0 Å². The van der Waals surface area contributed by atoms with Gasteiger partial charge < -0.3 is 15.1 Å². The molecule has 4 rings (SSSR count). The molecule has 0 saturated carbocycles. The van der Waals surface area contributed by atoms with E-state index in [0.717, 1.165) is 31.7 Å². The van der Waals surface area contributed by atoms with Gasteiger partial charge >= 0.3 is 0 Å². The Morgan fingerprint density at radius 1 is 0.912 bits per heavy atom. The Morgan fingerprint density at radius 2 is 1.62 bits per heavy atom. The first kappa shape index (κ1) is 23.8. The van der Waals surface area contributed by atoms with E-state index in [1.807, 2.05) is 12.1 Å². The predicted molar refractivity (Wildman–Crippen MR) is 142 cm³/mol. The number of anilines is 2. The van der Waals surface area contributed by atoms with Crippen LogP contribution in [0.5, 0.6) is 0 Å². The highest BCUT2D eigenvalue weighted by atomic mass is 16.1. The van der Waals surface area contributed by atoms with Gasteiger partial charge in [0.25, 0.3) is 0 Å². The van der Waals surface area contributed by atoms with Crippen molar-refractivity contribution in [3.05, 3.63) is 95.6 Å². The van der Waals surface area contributed by atoms with Crippen LogP contribution in [-0.2, 0) is 11.2 Å². The Hall–Kier alpha value is -3.31. The van der Waals surface area contributed by atoms with Crippen LogP contribution in [0.2, 0.25) is 0 Å². The van der Waals surface area contributed by atoms with Crippen molar-refractivity contribution in [3.63, 3.8) is 0 Å². The standard InChI is InChI=1S/C29H36N4O/c1-23-8-7-9-24(20-23)21-29(34)30-22-28(25-12-14-26(15-13-25)31(2)3)33-18-16-32(17-19-33)27-10-5-4-6-11-27/h4-15,20,28H,16-19,21-22H2,1-3H3,(H,30,34)/t28-/m0/s1. The summed E-state index contributed by atoms with van der Waals surface area (Å²) in [6, 6.07) is 27.7. The summed E-state index contributed by atoms with van der Waals surface area (Å²) in [6.45, 7) is 6.55. The summed E-state index contributed by atoms with van der Waals surface area (Å²) in [4.78, 5) is 19.8. The van der Waals surface area contributed by atoms with Gasteiger partial charge in [-0.05, 0) is 42.3 Å². The minimum atomic E-state index is 0.0726. The summed E-state index contributed by atoms with van der Waals surface area (Å²) < 4.78 is 0. The molecule has 5 nitrogen and oxygen atoms in total. The number of amides is 1. The fourth-order valence-electron chi connectivity index (χ4n) is 4.66. The maximum absolute atomic E-state index is 12.8. The van der Waals surface area contributed by atoms with Crippen molar-refractivity contribution < 1.29 is 4.79 Å². The molecule has 1 aliphatic heterocycles. The first-order valence-corrected chi connectivity index (χ1v) is 12.1. The second-order valence-electron chi connectivity index (χ2n) is 9.33. The molecule has 0 unspecified atom stereocenters. The Balaban J connectivity index is 1.44. The summed E-state index contributed by atoms with van der Waals surface area (Å²) >= 11 is 0. The van der Waals surface area contributed by atoms with Crippen molar-refractivity contribution in [1.82, 2.24) is 10.2 Å². The quantitative estimate of drug-likeness (QED) is 0.549. The van der Waals surface area contributed by atoms with E-state index in [1.165, 1.54) is 22.5 Å². The van der Waals surface area contributed by atoms with Gasteiger partial charge in [-0.1, -0.05) is 60.2 Å². The molecule has 1 fully saturated rings. The second kappa shape index (κ2) is 11.2. The van der Waals surface area contributed by atoms with Gasteiger partial charge in [0.15, 0.2) is 0 Å². The monoisotopic (exact) mass is 456 g/mol. The fraction of sp³-hybridized carbons (Fsp3) is 0.345. The normalized spacial score (nSPS) is 15.1. The van der Waals surface area contributed by atoms with Gasteiger partial charge in [0, 0.05) is 58.2 Å². The van der Waals surface area contributed by atoms with Crippen LogP contribution in [0.1, 0.15) is 22.7 Å². The summed E-state index contributed by atoms with van der Waals surface area (Å²) in [5.74, 6) is 0.0726. The number of hydrogen-bond donors (Lipinski definition) is 1. The number of nitrogens with zero attached hydrogens (tertiary/aromatic N) is 3. The molecule has 0 aromatic heterocycles. The molecular formula is C29H36N4O. The third-order valence-corrected chi connectivity index (χ3v) is 6.61. The second-order valence-corrected chi connectivity index (χ2v) is 9.33. The highest BCUT2D eigenvalue weighted by Crippen LogP contribution is 2.25. The first-order valence-electron chi connectivity index (χ1n) is 12.1. The fourth-order valence-corrected chi connectivity index (χ4v) is 4.66. The SMILES string of the molecule is Cc1cccc(CC(=O)NC[C@@H](c2ccc(N(C)C)cc2)N2CCN(c3ccccc3)CC2)c1. The number of aryl methyl sites for hydroxylation is 1. The molecule has 1 amide bonds. The molecule has 1 saturated heterocycles. The zero-order chi connectivity index (χ0) is 23.9. The molecule has 1 aliphatic rings. The third-order valence-electron chi connectivity index (χ3n) is 6.61. The highest BCUT2D eigenvalue weighted by molar-refractivity contribution is 5.78. The van der Waals surface area contributed by atoms with E-state index in [0.29, 0.717) is 13.0 Å². The average molecular weight is 457 g/mol. The van der Waals surface area contributed by atoms with Crippen molar-refractivity contribution in [2.24, 2.45) is 0 Å². The van der Waals surface area contributed by atoms with E-state index >= 15 is 0 Å². The third kappa shape index (κ3) is 6.17. The van der Waals surface area contributed by atoms with Crippen molar-refractivity contribution in [2.75, 3.05) is 56.6 Å². The molecule has 0 spiro atoms. The lowest BCUT2D eigenvalue weighted by Gasteiger charge is -2.40. The van der Waals surface area contributed by atoms with E-state index < -0.39 is 0 Å². The van der Waals surface area contributed by atoms with E-state index in [9.17, 15) is 4.79 Å². The molecule has 0 radical (unpaired) electrons. The lowest BCUT2D eigenvalue weighted by molar-refractivity contribution is -0.120. The van der Waals surface area contributed by atoms with E-state index in [2.05, 4.69) is 108 Å². The molecule has 0 aliphatic carbocycles. The van der Waals surface area contributed by atoms with E-state index in [-0.39, 0.29) is 11.9 Å². The molecule has 1 N–H and O–H groups in total. The molecule has 3 aromatic rings. The zero-order valence-electron chi connectivity index (χ0n) is 20.6. The van der Waals surface area contributed by atoms with Crippen LogP contribution in [0.25, 0.3) is 0 Å². The van der Waals surface area contributed by atoms with Crippen molar-refractivity contribution >= 4 is 17.3 Å². The number of carbonyl (C=O) groups is 1. The van der Waals surface area contributed by atoms with Crippen LogP contribution in [0.3, 0.4) is 0 Å². The van der Waals surface area contributed by atoms with Gasteiger partial charge in [0.2, 0.25) is 5.91 Å². The Bertz CT molecular complexity index is 1060. The Morgan fingerprint density at radius 3 is 2.26 bits per heavy atom. The number of hydrogen-bond acceptors (Lipinski definition) is 4. The summed E-state index contributed by atoms with van der Waals surface area (Å²) in [5, 5.41) is 3.22.